The molecule has 1 aromatic rings. The van der Waals surface area contributed by atoms with Crippen LogP contribution >= 0.6 is 0 Å². The van der Waals surface area contributed by atoms with Gasteiger partial charge >= 0.3 is 0 Å². The maximum absolute atomic E-state index is 13.8. The van der Waals surface area contributed by atoms with Gasteiger partial charge in [-0.3, -0.25) is 4.79 Å². The Balaban J connectivity index is 1.69. The van der Waals surface area contributed by atoms with Gasteiger partial charge < -0.3 is 9.47 Å². The summed E-state index contributed by atoms with van der Waals surface area (Å²) in [5.41, 5.74) is 0.314. The zero-order valence-electron chi connectivity index (χ0n) is 10.7. The summed E-state index contributed by atoms with van der Waals surface area (Å²) in [6.45, 7) is 0.679. The molecule has 0 radical (unpaired) electrons. The Hall–Kier alpha value is -1.42. The summed E-state index contributed by atoms with van der Waals surface area (Å²) in [5, 5.41) is 0. The highest BCUT2D eigenvalue weighted by Crippen LogP contribution is 2.43. The second-order valence-electron chi connectivity index (χ2n) is 5.43. The molecule has 1 spiro atoms. The van der Waals surface area contributed by atoms with Crippen LogP contribution in [0.5, 0.6) is 5.75 Å². The molecule has 1 aliphatic heterocycles. The second-order valence-corrected chi connectivity index (χ2v) is 5.43. The van der Waals surface area contributed by atoms with E-state index in [4.69, 9.17) is 9.47 Å². The fourth-order valence-corrected chi connectivity index (χ4v) is 2.87. The Morgan fingerprint density at radius 3 is 2.89 bits per heavy atom. The van der Waals surface area contributed by atoms with Crippen molar-refractivity contribution in [1.29, 1.82) is 0 Å². The van der Waals surface area contributed by atoms with Gasteiger partial charge in [-0.2, -0.15) is 0 Å². The van der Waals surface area contributed by atoms with Crippen LogP contribution in [-0.4, -0.2) is 24.6 Å². The molecule has 0 bridgehead atoms. The minimum atomic E-state index is -0.473. The summed E-state index contributed by atoms with van der Waals surface area (Å²) in [4.78, 5) is 10.6. The summed E-state index contributed by atoms with van der Waals surface area (Å²) >= 11 is 0. The Morgan fingerprint density at radius 1 is 1.42 bits per heavy atom. The van der Waals surface area contributed by atoms with E-state index in [1.165, 1.54) is 18.6 Å². The Labute approximate surface area is 111 Å². The molecule has 0 N–H and O–H groups in total. The number of carbonyl (C=O) groups excluding carboxylic acids is 1. The highest BCUT2D eigenvalue weighted by molar-refractivity contribution is 5.74. The van der Waals surface area contributed by atoms with Crippen LogP contribution in [0.4, 0.5) is 4.39 Å². The molecule has 19 heavy (non-hydrogen) atoms. The lowest BCUT2D eigenvalue weighted by atomic mass is 9.74. The molecular formula is C15H17FO3. The minimum absolute atomic E-state index is 0.00521. The van der Waals surface area contributed by atoms with Gasteiger partial charge in [-0.25, -0.2) is 4.39 Å². The maximum atomic E-state index is 13.8. The van der Waals surface area contributed by atoms with E-state index in [2.05, 4.69) is 0 Å². The van der Waals surface area contributed by atoms with Crippen LogP contribution in [0.2, 0.25) is 0 Å². The molecular weight excluding hydrogens is 247 g/mol. The van der Waals surface area contributed by atoms with Crippen LogP contribution < -0.4 is 4.74 Å². The van der Waals surface area contributed by atoms with Gasteiger partial charge in [0.05, 0.1) is 12.2 Å². The first kappa shape index (κ1) is 12.6. The first-order valence-electron chi connectivity index (χ1n) is 6.76. The number of hydrogen-bond acceptors (Lipinski definition) is 3. The third-order valence-electron chi connectivity index (χ3n) is 4.10. The maximum Gasteiger partial charge on any atom is 0.165 e. The average molecular weight is 264 g/mol. The molecule has 1 aliphatic carbocycles. The monoisotopic (exact) mass is 264 g/mol. The lowest BCUT2D eigenvalue weighted by molar-refractivity contribution is -0.153. The van der Waals surface area contributed by atoms with Gasteiger partial charge in [-0.05, 0) is 37.5 Å². The Bertz CT molecular complexity index is 482. The molecule has 1 atom stereocenters. The molecule has 2 aliphatic rings. The van der Waals surface area contributed by atoms with E-state index < -0.39 is 5.82 Å². The first-order chi connectivity index (χ1) is 9.21. The summed E-state index contributed by atoms with van der Waals surface area (Å²) in [5.74, 6) is -0.245. The molecule has 3 rings (SSSR count). The molecule has 2 fully saturated rings. The van der Waals surface area contributed by atoms with Crippen molar-refractivity contribution >= 4 is 6.29 Å². The van der Waals surface area contributed by atoms with Crippen molar-refractivity contribution in [3.8, 4) is 5.75 Å². The predicted molar refractivity (Wildman–Crippen MR) is 68.0 cm³/mol. The lowest BCUT2D eigenvalue weighted by Gasteiger charge is -2.46. The van der Waals surface area contributed by atoms with Gasteiger partial charge in [0.25, 0.3) is 0 Å². The fourth-order valence-electron chi connectivity index (χ4n) is 2.87. The smallest absolute Gasteiger partial charge is 0.165 e. The summed E-state index contributed by atoms with van der Waals surface area (Å²) in [6.07, 6.45) is 5.63. The van der Waals surface area contributed by atoms with Gasteiger partial charge in [-0.1, -0.05) is 0 Å². The second kappa shape index (κ2) is 4.93. The molecule has 1 aromatic carbocycles. The van der Waals surface area contributed by atoms with Crippen LogP contribution in [-0.2, 0) is 4.74 Å². The number of halogens is 1. The van der Waals surface area contributed by atoms with E-state index >= 15 is 0 Å². The number of carbonyl (C=O) groups is 1. The van der Waals surface area contributed by atoms with Crippen LogP contribution in [0.3, 0.4) is 0 Å². The molecule has 102 valence electrons. The van der Waals surface area contributed by atoms with Crippen molar-refractivity contribution in [3.05, 3.63) is 29.6 Å². The van der Waals surface area contributed by atoms with Crippen molar-refractivity contribution in [2.75, 3.05) is 6.61 Å². The number of hydrogen-bond donors (Lipinski definition) is 0. The normalized spacial score (nSPS) is 24.8. The third-order valence-corrected chi connectivity index (χ3v) is 4.10. The highest BCUT2D eigenvalue weighted by Gasteiger charge is 2.43. The van der Waals surface area contributed by atoms with Crippen LogP contribution in [0.1, 0.15) is 42.5 Å². The minimum Gasteiger partial charge on any atom is -0.487 e. The Kier molecular flexibility index (Phi) is 3.27. The number of ether oxygens (including phenoxy) is 2. The van der Waals surface area contributed by atoms with Crippen molar-refractivity contribution in [2.45, 2.75) is 43.8 Å². The zero-order chi connectivity index (χ0) is 13.3. The Morgan fingerprint density at radius 2 is 2.26 bits per heavy atom. The van der Waals surface area contributed by atoms with Gasteiger partial charge in [0, 0.05) is 18.4 Å². The van der Waals surface area contributed by atoms with Gasteiger partial charge in [0.15, 0.2) is 11.6 Å². The van der Waals surface area contributed by atoms with Crippen LogP contribution in [0.25, 0.3) is 0 Å². The van der Waals surface area contributed by atoms with Crippen molar-refractivity contribution in [3.63, 3.8) is 0 Å². The summed E-state index contributed by atoms with van der Waals surface area (Å²) < 4.78 is 25.3. The van der Waals surface area contributed by atoms with E-state index in [1.54, 1.807) is 6.07 Å². The van der Waals surface area contributed by atoms with Gasteiger partial charge in [-0.15, -0.1) is 0 Å². The topological polar surface area (TPSA) is 35.5 Å². The van der Waals surface area contributed by atoms with E-state index in [0.29, 0.717) is 18.5 Å². The highest BCUT2D eigenvalue weighted by atomic mass is 19.1. The SMILES string of the molecule is O=Cc1ccc(OC2CCOC3(CCC3)C2)c(F)c1. The molecule has 1 saturated heterocycles. The quantitative estimate of drug-likeness (QED) is 0.787. The average Bonchev–Trinajstić information content (AvgIpc) is 2.39. The van der Waals surface area contributed by atoms with Crippen molar-refractivity contribution in [2.24, 2.45) is 0 Å². The number of rotatable bonds is 3. The van der Waals surface area contributed by atoms with Crippen LogP contribution in [0.15, 0.2) is 18.2 Å². The number of aldehydes is 1. The fraction of sp³-hybridized carbons (Fsp3) is 0.533. The standard InChI is InChI=1S/C15H17FO3/c16-13-8-11(10-17)2-3-14(13)19-12-4-7-18-15(9-12)5-1-6-15/h2-3,8,10,12H,1,4-7,9H2. The van der Waals surface area contributed by atoms with E-state index in [-0.39, 0.29) is 17.5 Å². The van der Waals surface area contributed by atoms with E-state index in [0.717, 1.165) is 25.7 Å². The van der Waals surface area contributed by atoms with Crippen LogP contribution in [0, 0.1) is 5.82 Å². The lowest BCUT2D eigenvalue weighted by Crippen LogP contribution is -2.48. The zero-order valence-corrected chi connectivity index (χ0v) is 10.7. The van der Waals surface area contributed by atoms with E-state index in [1.807, 2.05) is 0 Å². The van der Waals surface area contributed by atoms with Gasteiger partial charge in [0.1, 0.15) is 12.4 Å². The molecule has 4 heteroatoms. The molecule has 3 nitrogen and oxygen atoms in total. The third kappa shape index (κ3) is 2.50. The van der Waals surface area contributed by atoms with Crippen molar-refractivity contribution < 1.29 is 18.7 Å². The van der Waals surface area contributed by atoms with E-state index in [9.17, 15) is 9.18 Å². The molecule has 0 aromatic heterocycles. The molecule has 1 saturated carbocycles. The number of benzene rings is 1. The predicted octanol–water partition coefficient (Wildman–Crippen LogP) is 3.12. The molecule has 0 amide bonds. The van der Waals surface area contributed by atoms with Gasteiger partial charge in [0.2, 0.25) is 0 Å². The molecule has 1 unspecified atom stereocenters. The largest absolute Gasteiger partial charge is 0.487 e. The summed E-state index contributed by atoms with van der Waals surface area (Å²) in [6, 6.07) is 4.31. The molecule has 1 heterocycles. The summed E-state index contributed by atoms with van der Waals surface area (Å²) in [7, 11) is 0. The first-order valence-corrected chi connectivity index (χ1v) is 6.76. The van der Waals surface area contributed by atoms with Crippen molar-refractivity contribution in [1.82, 2.24) is 0 Å².